The van der Waals surface area contributed by atoms with Gasteiger partial charge in [0.25, 0.3) is 0 Å². The highest BCUT2D eigenvalue weighted by atomic mass is 79.9. The normalized spacial score (nSPS) is 12.4. The number of aryl methyl sites for hydroxylation is 1. The third-order valence-corrected chi connectivity index (χ3v) is 3.79. The third kappa shape index (κ3) is 4.15. The molecule has 19 heavy (non-hydrogen) atoms. The molecule has 100 valence electrons. The molecule has 0 aliphatic rings. The molecule has 0 saturated heterocycles. The van der Waals surface area contributed by atoms with Gasteiger partial charge in [0.2, 0.25) is 0 Å². The largest absolute Gasteiger partial charge is 0.388 e. The van der Waals surface area contributed by atoms with Gasteiger partial charge in [0.05, 0.1) is 6.10 Å². The first-order valence-electron chi connectivity index (χ1n) is 6.34. The number of halogens is 2. The van der Waals surface area contributed by atoms with E-state index in [0.717, 1.165) is 18.4 Å². The van der Waals surface area contributed by atoms with Crippen LogP contribution < -0.4 is 0 Å². The second-order valence-corrected chi connectivity index (χ2v) is 5.41. The van der Waals surface area contributed by atoms with Crippen molar-refractivity contribution in [2.24, 2.45) is 0 Å². The maximum Gasteiger partial charge on any atom is 0.124 e. The van der Waals surface area contributed by atoms with Crippen molar-refractivity contribution in [3.63, 3.8) is 0 Å². The van der Waals surface area contributed by atoms with Crippen LogP contribution in [0.2, 0.25) is 0 Å². The fraction of sp³-hybridized carbons (Fsp3) is 0.250. The maximum atomic E-state index is 13.0. The fourth-order valence-electron chi connectivity index (χ4n) is 2.07. The van der Waals surface area contributed by atoms with Crippen LogP contribution in [-0.4, -0.2) is 5.11 Å². The molecule has 0 heterocycles. The zero-order valence-corrected chi connectivity index (χ0v) is 12.1. The molecule has 0 amide bonds. The molecule has 2 aromatic carbocycles. The van der Waals surface area contributed by atoms with E-state index >= 15 is 0 Å². The van der Waals surface area contributed by atoms with Crippen molar-refractivity contribution in [1.82, 2.24) is 0 Å². The van der Waals surface area contributed by atoms with Crippen molar-refractivity contribution < 1.29 is 9.50 Å². The monoisotopic (exact) mass is 322 g/mol. The summed E-state index contributed by atoms with van der Waals surface area (Å²) in [5.74, 6) is -0.299. The second kappa shape index (κ2) is 6.83. The molecule has 1 unspecified atom stereocenters. The van der Waals surface area contributed by atoms with Gasteiger partial charge in [0.15, 0.2) is 0 Å². The van der Waals surface area contributed by atoms with Gasteiger partial charge in [-0.3, -0.25) is 0 Å². The molecule has 2 aromatic rings. The Kier molecular flexibility index (Phi) is 5.11. The maximum absolute atomic E-state index is 13.0. The Balaban J connectivity index is 1.89. The van der Waals surface area contributed by atoms with E-state index in [9.17, 15) is 9.50 Å². The van der Waals surface area contributed by atoms with Crippen LogP contribution in [0.1, 0.15) is 30.1 Å². The van der Waals surface area contributed by atoms with Gasteiger partial charge >= 0.3 is 0 Å². The standard InChI is InChI=1S/C16H16BrFO/c17-15-11-13(18)9-10-14(15)16(19)8-4-7-12-5-2-1-3-6-12/h1-3,5-6,9-11,16,19H,4,7-8H2. The summed E-state index contributed by atoms with van der Waals surface area (Å²) < 4.78 is 13.6. The molecule has 1 nitrogen and oxygen atoms in total. The van der Waals surface area contributed by atoms with Gasteiger partial charge in [0, 0.05) is 4.47 Å². The predicted octanol–water partition coefficient (Wildman–Crippen LogP) is 4.64. The lowest BCUT2D eigenvalue weighted by Crippen LogP contribution is -2.00. The molecule has 0 aromatic heterocycles. The van der Waals surface area contributed by atoms with Gasteiger partial charge in [-0.25, -0.2) is 4.39 Å². The van der Waals surface area contributed by atoms with E-state index in [4.69, 9.17) is 0 Å². The Hall–Kier alpha value is -1.19. The van der Waals surface area contributed by atoms with Gasteiger partial charge in [-0.15, -0.1) is 0 Å². The minimum atomic E-state index is -0.557. The van der Waals surface area contributed by atoms with Gasteiger partial charge in [-0.1, -0.05) is 52.3 Å². The zero-order valence-electron chi connectivity index (χ0n) is 10.5. The van der Waals surface area contributed by atoms with Crippen LogP contribution in [0.4, 0.5) is 4.39 Å². The number of benzene rings is 2. The summed E-state index contributed by atoms with van der Waals surface area (Å²) in [6, 6.07) is 14.6. The van der Waals surface area contributed by atoms with Crippen molar-refractivity contribution >= 4 is 15.9 Å². The Morgan fingerprint density at radius 3 is 2.53 bits per heavy atom. The van der Waals surface area contributed by atoms with Crippen LogP contribution in [0.15, 0.2) is 53.0 Å². The first-order valence-corrected chi connectivity index (χ1v) is 7.13. The topological polar surface area (TPSA) is 20.2 Å². The minimum absolute atomic E-state index is 0.299. The van der Waals surface area contributed by atoms with Crippen LogP contribution in [0.25, 0.3) is 0 Å². The number of aliphatic hydroxyl groups excluding tert-OH is 1. The average Bonchev–Trinajstić information content (AvgIpc) is 2.39. The predicted molar refractivity (Wildman–Crippen MR) is 78.4 cm³/mol. The summed E-state index contributed by atoms with van der Waals surface area (Å²) in [5.41, 5.74) is 2.02. The molecule has 0 saturated carbocycles. The Labute approximate surface area is 121 Å². The summed E-state index contributed by atoms with van der Waals surface area (Å²) in [6.07, 6.45) is 1.95. The lowest BCUT2D eigenvalue weighted by Gasteiger charge is -2.12. The van der Waals surface area contributed by atoms with Gasteiger partial charge in [-0.05, 0) is 42.5 Å². The number of hydrogen-bond donors (Lipinski definition) is 1. The molecule has 0 spiro atoms. The molecule has 2 rings (SSSR count). The van der Waals surface area contributed by atoms with Gasteiger partial charge in [0.1, 0.15) is 5.82 Å². The highest BCUT2D eigenvalue weighted by Gasteiger charge is 2.11. The highest BCUT2D eigenvalue weighted by molar-refractivity contribution is 9.10. The van der Waals surface area contributed by atoms with E-state index in [1.165, 1.54) is 17.7 Å². The molecule has 0 radical (unpaired) electrons. The highest BCUT2D eigenvalue weighted by Crippen LogP contribution is 2.27. The zero-order chi connectivity index (χ0) is 13.7. The van der Waals surface area contributed by atoms with Crippen LogP contribution >= 0.6 is 15.9 Å². The molecule has 0 fully saturated rings. The Bertz CT molecular complexity index is 528. The summed E-state index contributed by atoms with van der Waals surface area (Å²) >= 11 is 3.28. The van der Waals surface area contributed by atoms with E-state index in [2.05, 4.69) is 28.1 Å². The van der Waals surface area contributed by atoms with Crippen molar-refractivity contribution in [3.05, 3.63) is 69.9 Å². The third-order valence-electron chi connectivity index (χ3n) is 3.11. The smallest absolute Gasteiger partial charge is 0.124 e. The van der Waals surface area contributed by atoms with Gasteiger partial charge in [-0.2, -0.15) is 0 Å². The SMILES string of the molecule is OC(CCCc1ccccc1)c1ccc(F)cc1Br. The molecular formula is C16H16BrFO. The lowest BCUT2D eigenvalue weighted by atomic mass is 10.0. The summed E-state index contributed by atoms with van der Waals surface area (Å²) in [5, 5.41) is 10.1. The van der Waals surface area contributed by atoms with E-state index in [-0.39, 0.29) is 5.82 Å². The van der Waals surface area contributed by atoms with Crippen LogP contribution in [0, 0.1) is 5.82 Å². The number of rotatable bonds is 5. The second-order valence-electron chi connectivity index (χ2n) is 4.56. The average molecular weight is 323 g/mol. The Morgan fingerprint density at radius 2 is 1.84 bits per heavy atom. The van der Waals surface area contributed by atoms with E-state index in [1.807, 2.05) is 18.2 Å². The Morgan fingerprint density at radius 1 is 1.11 bits per heavy atom. The van der Waals surface area contributed by atoms with Crippen molar-refractivity contribution in [2.75, 3.05) is 0 Å². The van der Waals surface area contributed by atoms with Crippen molar-refractivity contribution in [2.45, 2.75) is 25.4 Å². The van der Waals surface area contributed by atoms with Crippen molar-refractivity contribution in [1.29, 1.82) is 0 Å². The van der Waals surface area contributed by atoms with E-state index in [1.54, 1.807) is 6.07 Å². The molecule has 1 atom stereocenters. The van der Waals surface area contributed by atoms with E-state index < -0.39 is 6.10 Å². The molecule has 0 bridgehead atoms. The summed E-state index contributed by atoms with van der Waals surface area (Å²) in [6.45, 7) is 0. The fourth-order valence-corrected chi connectivity index (χ4v) is 2.69. The molecular weight excluding hydrogens is 307 g/mol. The number of hydrogen-bond acceptors (Lipinski definition) is 1. The van der Waals surface area contributed by atoms with Crippen molar-refractivity contribution in [3.8, 4) is 0 Å². The van der Waals surface area contributed by atoms with Crippen LogP contribution in [0.3, 0.4) is 0 Å². The molecule has 1 N–H and O–H groups in total. The van der Waals surface area contributed by atoms with Crippen LogP contribution in [0.5, 0.6) is 0 Å². The van der Waals surface area contributed by atoms with Gasteiger partial charge < -0.3 is 5.11 Å². The number of aliphatic hydroxyl groups is 1. The quantitative estimate of drug-likeness (QED) is 0.849. The van der Waals surface area contributed by atoms with Crippen LogP contribution in [-0.2, 0) is 6.42 Å². The first-order chi connectivity index (χ1) is 9.16. The summed E-state index contributed by atoms with van der Waals surface area (Å²) in [4.78, 5) is 0. The van der Waals surface area contributed by atoms with E-state index in [0.29, 0.717) is 10.9 Å². The first kappa shape index (κ1) is 14.2. The lowest BCUT2D eigenvalue weighted by molar-refractivity contribution is 0.164. The summed E-state index contributed by atoms with van der Waals surface area (Å²) in [7, 11) is 0. The minimum Gasteiger partial charge on any atom is -0.388 e. The molecule has 3 heteroatoms. The molecule has 0 aliphatic heterocycles. The molecule has 0 aliphatic carbocycles.